The van der Waals surface area contributed by atoms with Gasteiger partial charge in [0.1, 0.15) is 0 Å². The highest BCUT2D eigenvalue weighted by molar-refractivity contribution is 5.52. The van der Waals surface area contributed by atoms with Gasteiger partial charge in [-0.2, -0.15) is 4.79 Å². The van der Waals surface area contributed by atoms with Gasteiger partial charge >= 0.3 is 0 Å². The summed E-state index contributed by atoms with van der Waals surface area (Å²) in [5.74, 6) is 0. The monoisotopic (exact) mass is 99.1 g/mol. The first-order valence-corrected chi connectivity index (χ1v) is 2.08. The zero-order valence-corrected chi connectivity index (χ0v) is 4.63. The van der Waals surface area contributed by atoms with Gasteiger partial charge in [-0.1, -0.05) is 0 Å². The summed E-state index contributed by atoms with van der Waals surface area (Å²) in [7, 11) is 3.81. The van der Waals surface area contributed by atoms with E-state index >= 15 is 0 Å². The van der Waals surface area contributed by atoms with Gasteiger partial charge in [-0.25, -0.2) is 0 Å². The molecule has 0 aromatic carbocycles. The Morgan fingerprint density at radius 2 is 2.29 bits per heavy atom. The van der Waals surface area contributed by atoms with Crippen LogP contribution in [0, 0.1) is 0 Å². The minimum atomic E-state index is 0.691. The fourth-order valence-corrected chi connectivity index (χ4v) is 0.200. The summed E-state index contributed by atoms with van der Waals surface area (Å²) in [4.78, 5) is 4.71. The molecule has 3 heteroatoms. The highest BCUT2D eigenvalue weighted by atomic mass is 15.1. The molecule has 0 rings (SSSR count). The van der Waals surface area contributed by atoms with Crippen LogP contribution in [-0.4, -0.2) is 36.5 Å². The van der Waals surface area contributed by atoms with Gasteiger partial charge in [-0.15, -0.1) is 0 Å². The Morgan fingerprint density at radius 1 is 1.71 bits per heavy atom. The average Bonchev–Trinajstić information content (AvgIpc) is 1.61. The molecular formula is C4H9N3. The summed E-state index contributed by atoms with van der Waals surface area (Å²) < 4.78 is 0. The molecule has 3 nitrogen and oxygen atoms in total. The molecule has 0 spiro atoms. The summed E-state index contributed by atoms with van der Waals surface area (Å²) in [6, 6.07) is 0. The highest BCUT2D eigenvalue weighted by Gasteiger charge is 1.83. The van der Waals surface area contributed by atoms with E-state index < -0.39 is 0 Å². The van der Waals surface area contributed by atoms with Gasteiger partial charge in [-0.05, 0) is 14.1 Å². The van der Waals surface area contributed by atoms with Crippen molar-refractivity contribution in [3.63, 3.8) is 0 Å². The number of hydrogen-bond acceptors (Lipinski definition) is 1. The molecule has 0 aliphatic carbocycles. The lowest BCUT2D eigenvalue weighted by Crippen LogP contribution is -2.13. The minimum absolute atomic E-state index is 0.691. The molecule has 0 saturated carbocycles. The fraction of sp³-hybridized carbons (Fsp3) is 0.750. The molecule has 0 heterocycles. The highest BCUT2D eigenvalue weighted by Crippen LogP contribution is 1.62. The Labute approximate surface area is 43.2 Å². The van der Waals surface area contributed by atoms with E-state index in [0.717, 1.165) is 0 Å². The molecule has 0 bridgehead atoms. The van der Waals surface area contributed by atoms with Gasteiger partial charge in [0, 0.05) is 0 Å². The molecule has 0 amide bonds. The molecule has 0 fully saturated rings. The predicted octanol–water partition coefficient (Wildman–Crippen LogP) is -0.151. The van der Waals surface area contributed by atoms with Crippen molar-refractivity contribution in [1.29, 1.82) is 0 Å². The van der Waals surface area contributed by atoms with Crippen LogP contribution in [0.2, 0.25) is 0 Å². The van der Waals surface area contributed by atoms with Crippen molar-refractivity contribution in [2.75, 3.05) is 20.6 Å². The summed E-state index contributed by atoms with van der Waals surface area (Å²) in [5.41, 5.74) is 7.86. The lowest BCUT2D eigenvalue weighted by molar-refractivity contribution is -0.000170. The summed E-state index contributed by atoms with van der Waals surface area (Å²) in [5, 5.41) is 0. The zero-order valence-electron chi connectivity index (χ0n) is 4.63. The molecule has 0 radical (unpaired) electrons. The molecule has 0 aromatic rings. The molecule has 0 atom stereocenters. The van der Waals surface area contributed by atoms with Crippen LogP contribution in [0.5, 0.6) is 0 Å². The maximum Gasteiger partial charge on any atom is 0.271 e. The second-order valence-electron chi connectivity index (χ2n) is 1.56. The van der Waals surface area contributed by atoms with E-state index in [1.807, 2.05) is 19.0 Å². The second-order valence-corrected chi connectivity index (χ2v) is 1.56. The lowest BCUT2D eigenvalue weighted by atomic mass is 10.7. The van der Waals surface area contributed by atoms with Gasteiger partial charge in [-0.3, -0.25) is 4.90 Å². The maximum absolute atomic E-state index is 7.86. The molecule has 0 unspecified atom stereocenters. The second kappa shape index (κ2) is 3.53. The zero-order chi connectivity index (χ0) is 5.70. The van der Waals surface area contributed by atoms with Crippen LogP contribution in [0.1, 0.15) is 0 Å². The van der Waals surface area contributed by atoms with Crippen molar-refractivity contribution in [2.24, 2.45) is 0 Å². The van der Waals surface area contributed by atoms with Crippen LogP contribution >= 0.6 is 0 Å². The Kier molecular flexibility index (Phi) is 3.19. The van der Waals surface area contributed by atoms with E-state index in [2.05, 4.69) is 4.79 Å². The predicted molar refractivity (Wildman–Crippen MR) is 28.2 cm³/mol. The van der Waals surface area contributed by atoms with Crippen LogP contribution < -0.4 is 0 Å². The van der Waals surface area contributed by atoms with E-state index in [9.17, 15) is 0 Å². The van der Waals surface area contributed by atoms with E-state index in [-0.39, 0.29) is 0 Å². The van der Waals surface area contributed by atoms with Crippen LogP contribution in [0.15, 0.2) is 0 Å². The van der Waals surface area contributed by atoms with Crippen LogP contribution in [-0.2, 0) is 0 Å². The van der Waals surface area contributed by atoms with Crippen molar-refractivity contribution in [3.8, 4) is 0 Å². The van der Waals surface area contributed by atoms with Crippen molar-refractivity contribution in [3.05, 3.63) is 5.53 Å². The minimum Gasteiger partial charge on any atom is -0.362 e. The van der Waals surface area contributed by atoms with Crippen molar-refractivity contribution >= 4 is 6.21 Å². The smallest absolute Gasteiger partial charge is 0.271 e. The largest absolute Gasteiger partial charge is 0.362 e. The molecule has 0 saturated heterocycles. The molecule has 0 N–H and O–H groups in total. The first kappa shape index (κ1) is 6.34. The molecule has 0 aliphatic rings. The number of hydrogen-bond donors (Lipinski definition) is 0. The third kappa shape index (κ3) is 5.34. The fourth-order valence-electron chi connectivity index (χ4n) is 0.200. The average molecular weight is 99.1 g/mol. The van der Waals surface area contributed by atoms with Gasteiger partial charge < -0.3 is 5.53 Å². The van der Waals surface area contributed by atoms with Crippen LogP contribution in [0.4, 0.5) is 0 Å². The molecule has 40 valence electrons. The van der Waals surface area contributed by atoms with E-state index in [0.29, 0.717) is 6.54 Å². The Bertz CT molecular complexity index is 80.9. The van der Waals surface area contributed by atoms with Crippen LogP contribution in [0.25, 0.3) is 5.53 Å². The number of rotatable bonds is 2. The number of nitrogens with zero attached hydrogens (tertiary/aromatic N) is 3. The summed E-state index contributed by atoms with van der Waals surface area (Å²) >= 11 is 0. The SMILES string of the molecule is CN(C)CC=[N+]=[N-]. The Hall–Kier alpha value is -0.660. The van der Waals surface area contributed by atoms with Gasteiger partial charge in [0.05, 0.1) is 6.54 Å². The quantitative estimate of drug-likeness (QED) is 0.269. The van der Waals surface area contributed by atoms with Crippen molar-refractivity contribution < 1.29 is 4.79 Å². The standard InChI is InChI=1S/C4H9N3/c1-7(2)4-3-6-5/h3H,4H2,1-2H3. The van der Waals surface area contributed by atoms with Crippen LogP contribution in [0.3, 0.4) is 0 Å². The summed E-state index contributed by atoms with van der Waals surface area (Å²) in [6.45, 7) is 0.691. The molecule has 0 aliphatic heterocycles. The van der Waals surface area contributed by atoms with Gasteiger partial charge in [0.25, 0.3) is 6.21 Å². The molecule has 7 heavy (non-hydrogen) atoms. The van der Waals surface area contributed by atoms with Crippen molar-refractivity contribution in [2.45, 2.75) is 0 Å². The normalized spacial score (nSPS) is 8.43. The van der Waals surface area contributed by atoms with Gasteiger partial charge in [0.2, 0.25) is 0 Å². The summed E-state index contributed by atoms with van der Waals surface area (Å²) in [6.07, 6.45) is 1.43. The maximum atomic E-state index is 7.86. The third-order valence-electron chi connectivity index (χ3n) is 0.528. The van der Waals surface area contributed by atoms with E-state index in [1.54, 1.807) is 0 Å². The lowest BCUT2D eigenvalue weighted by Gasteiger charge is -1.97. The van der Waals surface area contributed by atoms with Crippen molar-refractivity contribution in [1.82, 2.24) is 4.90 Å². The van der Waals surface area contributed by atoms with Gasteiger partial charge in [0.15, 0.2) is 0 Å². The first-order chi connectivity index (χ1) is 3.27. The van der Waals surface area contributed by atoms with E-state index in [1.165, 1.54) is 6.21 Å². The molecular weight excluding hydrogens is 90.1 g/mol. The topological polar surface area (TPSA) is 39.6 Å². The van der Waals surface area contributed by atoms with E-state index in [4.69, 9.17) is 5.53 Å². The first-order valence-electron chi connectivity index (χ1n) is 2.08. The molecule has 0 aromatic heterocycles. The third-order valence-corrected chi connectivity index (χ3v) is 0.528. The Balaban J connectivity index is 3.13. The Morgan fingerprint density at radius 3 is 2.43 bits per heavy atom.